The van der Waals surface area contributed by atoms with Crippen molar-refractivity contribution in [2.75, 3.05) is 0 Å². The lowest BCUT2D eigenvalue weighted by atomic mass is 10.1. The van der Waals surface area contributed by atoms with E-state index in [9.17, 15) is 4.79 Å². The highest BCUT2D eigenvalue weighted by molar-refractivity contribution is 7.80. The van der Waals surface area contributed by atoms with Gasteiger partial charge in [0.25, 0.3) is 0 Å². The fourth-order valence-corrected chi connectivity index (χ4v) is 1.04. The summed E-state index contributed by atoms with van der Waals surface area (Å²) < 4.78 is 0. The van der Waals surface area contributed by atoms with Crippen molar-refractivity contribution in [2.24, 2.45) is 0 Å². The minimum absolute atomic E-state index is 0.287. The number of carboxylic acids is 1. The quantitative estimate of drug-likeness (QED) is 0.608. The summed E-state index contributed by atoms with van der Waals surface area (Å²) in [5, 5.41) is 15.2. The molecule has 66 valence electrons. The van der Waals surface area contributed by atoms with Gasteiger partial charge >= 0.3 is 5.97 Å². The van der Waals surface area contributed by atoms with Crippen molar-refractivity contribution in [1.29, 1.82) is 0 Å². The number of thiol groups is 1. The maximum absolute atomic E-state index is 10.6. The summed E-state index contributed by atoms with van der Waals surface area (Å²) in [6.45, 7) is 1.77. The van der Waals surface area contributed by atoms with Gasteiger partial charge < -0.3 is 5.11 Å². The van der Waals surface area contributed by atoms with Crippen molar-refractivity contribution in [1.82, 2.24) is 15.2 Å². The Labute approximate surface area is 74.6 Å². The summed E-state index contributed by atoms with van der Waals surface area (Å²) in [5.74, 6) is -1.26. The van der Waals surface area contributed by atoms with E-state index >= 15 is 0 Å². The molecule has 12 heavy (non-hydrogen) atoms. The van der Waals surface area contributed by atoms with Crippen LogP contribution in [0.15, 0.2) is 5.16 Å². The van der Waals surface area contributed by atoms with Crippen LogP contribution in [0.5, 0.6) is 0 Å². The van der Waals surface area contributed by atoms with Crippen LogP contribution in [0.1, 0.15) is 25.1 Å². The summed E-state index contributed by atoms with van der Waals surface area (Å²) >= 11 is 3.88. The van der Waals surface area contributed by atoms with Crippen molar-refractivity contribution >= 4 is 18.6 Å². The molecule has 1 unspecified atom stereocenters. The molecule has 5 nitrogen and oxygen atoms in total. The number of nitrogens with one attached hydrogen (secondary N) is 1. The van der Waals surface area contributed by atoms with Crippen LogP contribution in [0.4, 0.5) is 0 Å². The van der Waals surface area contributed by atoms with Gasteiger partial charge in [-0.15, -0.1) is 12.6 Å². The van der Waals surface area contributed by atoms with Crippen molar-refractivity contribution in [3.05, 3.63) is 5.82 Å². The molecule has 1 aromatic rings. The average Bonchev–Trinajstić information content (AvgIpc) is 2.37. The van der Waals surface area contributed by atoms with Gasteiger partial charge in [-0.25, -0.2) is 4.98 Å². The Bertz CT molecular complexity index is 286. The molecule has 0 fully saturated rings. The Morgan fingerprint density at radius 3 is 2.83 bits per heavy atom. The van der Waals surface area contributed by atoms with Crippen LogP contribution in [-0.2, 0) is 4.79 Å². The second kappa shape index (κ2) is 3.57. The van der Waals surface area contributed by atoms with Gasteiger partial charge in [0.2, 0.25) is 0 Å². The predicted molar refractivity (Wildman–Crippen MR) is 44.3 cm³/mol. The van der Waals surface area contributed by atoms with E-state index in [2.05, 4.69) is 27.8 Å². The van der Waals surface area contributed by atoms with Gasteiger partial charge in [0, 0.05) is 0 Å². The zero-order valence-electron chi connectivity index (χ0n) is 6.48. The lowest BCUT2D eigenvalue weighted by Crippen LogP contribution is -2.12. The molecule has 1 aromatic heterocycles. The van der Waals surface area contributed by atoms with Gasteiger partial charge in [0.15, 0.2) is 11.0 Å². The van der Waals surface area contributed by atoms with Crippen LogP contribution in [0.25, 0.3) is 0 Å². The molecule has 0 aliphatic carbocycles. The Morgan fingerprint density at radius 2 is 2.50 bits per heavy atom. The summed E-state index contributed by atoms with van der Waals surface area (Å²) in [4.78, 5) is 14.4. The number of aliphatic carboxylic acids is 1. The molecule has 0 spiro atoms. The zero-order chi connectivity index (χ0) is 9.14. The molecule has 0 aromatic carbocycles. The number of H-pyrrole nitrogens is 1. The lowest BCUT2D eigenvalue weighted by Gasteiger charge is -2.02. The van der Waals surface area contributed by atoms with E-state index in [1.165, 1.54) is 0 Å². The monoisotopic (exact) mass is 187 g/mol. The number of hydrogen-bond donors (Lipinski definition) is 3. The fraction of sp³-hybridized carbons (Fsp3) is 0.500. The first-order valence-electron chi connectivity index (χ1n) is 3.49. The van der Waals surface area contributed by atoms with E-state index in [0.29, 0.717) is 11.6 Å². The summed E-state index contributed by atoms with van der Waals surface area (Å²) in [7, 11) is 0. The average molecular weight is 187 g/mol. The number of hydrogen-bond acceptors (Lipinski definition) is 4. The van der Waals surface area contributed by atoms with Crippen molar-refractivity contribution in [3.63, 3.8) is 0 Å². The standard InChI is InChI=1S/C6H9N3O2S/c1-2-3(5(10)11)4-7-6(12)9-8-4/h3H,2H2,1H3,(H,10,11)(H2,7,8,9,12). The summed E-state index contributed by atoms with van der Waals surface area (Å²) in [6.07, 6.45) is 0.473. The maximum Gasteiger partial charge on any atom is 0.314 e. The van der Waals surface area contributed by atoms with E-state index in [4.69, 9.17) is 5.11 Å². The summed E-state index contributed by atoms with van der Waals surface area (Å²) in [6, 6.07) is 0. The highest BCUT2D eigenvalue weighted by Gasteiger charge is 2.21. The largest absolute Gasteiger partial charge is 0.481 e. The lowest BCUT2D eigenvalue weighted by molar-refractivity contribution is -0.139. The maximum atomic E-state index is 10.6. The topological polar surface area (TPSA) is 78.9 Å². The second-order valence-electron chi connectivity index (χ2n) is 2.32. The first-order chi connectivity index (χ1) is 5.65. The first kappa shape index (κ1) is 9.05. The molecule has 0 radical (unpaired) electrons. The second-order valence-corrected chi connectivity index (χ2v) is 2.74. The highest BCUT2D eigenvalue weighted by Crippen LogP contribution is 2.15. The van der Waals surface area contributed by atoms with Crippen LogP contribution >= 0.6 is 12.6 Å². The Morgan fingerprint density at radius 1 is 1.83 bits per heavy atom. The van der Waals surface area contributed by atoms with Crippen molar-refractivity contribution in [2.45, 2.75) is 24.4 Å². The van der Waals surface area contributed by atoms with Crippen molar-refractivity contribution < 1.29 is 9.90 Å². The Kier molecular flexibility index (Phi) is 2.69. The number of rotatable bonds is 3. The molecule has 1 rings (SSSR count). The zero-order valence-corrected chi connectivity index (χ0v) is 7.38. The van der Waals surface area contributed by atoms with E-state index in [-0.39, 0.29) is 5.82 Å². The SMILES string of the molecule is CCC(C(=O)O)c1n[nH]c(S)n1. The molecule has 0 bridgehead atoms. The van der Waals surface area contributed by atoms with E-state index in [0.717, 1.165) is 0 Å². The third kappa shape index (κ3) is 1.76. The Hall–Kier alpha value is -1.04. The highest BCUT2D eigenvalue weighted by atomic mass is 32.1. The predicted octanol–water partition coefficient (Wildman–Crippen LogP) is 0.672. The van der Waals surface area contributed by atoms with Crippen LogP contribution in [0, 0.1) is 0 Å². The minimum atomic E-state index is -0.912. The smallest absolute Gasteiger partial charge is 0.314 e. The minimum Gasteiger partial charge on any atom is -0.481 e. The molecule has 0 aliphatic rings. The van der Waals surface area contributed by atoms with E-state index in [1.807, 2.05) is 0 Å². The molecule has 1 heterocycles. The van der Waals surface area contributed by atoms with Gasteiger partial charge in [0.05, 0.1) is 0 Å². The number of carboxylic acid groups (broad SMARTS) is 1. The number of aromatic nitrogens is 3. The van der Waals surface area contributed by atoms with Gasteiger partial charge in [0.1, 0.15) is 5.92 Å². The number of carbonyl (C=O) groups is 1. The van der Waals surface area contributed by atoms with E-state index < -0.39 is 11.9 Å². The number of nitrogens with zero attached hydrogens (tertiary/aromatic N) is 2. The van der Waals surface area contributed by atoms with Gasteiger partial charge in [-0.3, -0.25) is 9.89 Å². The third-order valence-corrected chi connectivity index (χ3v) is 1.71. The van der Waals surface area contributed by atoms with Crippen LogP contribution < -0.4 is 0 Å². The molecular weight excluding hydrogens is 178 g/mol. The van der Waals surface area contributed by atoms with Gasteiger partial charge in [-0.1, -0.05) is 6.92 Å². The molecule has 0 saturated heterocycles. The van der Waals surface area contributed by atoms with Gasteiger partial charge in [-0.05, 0) is 6.42 Å². The molecule has 0 aliphatic heterocycles. The molecule has 2 N–H and O–H groups in total. The molecule has 1 atom stereocenters. The van der Waals surface area contributed by atoms with Crippen LogP contribution in [0.2, 0.25) is 0 Å². The van der Waals surface area contributed by atoms with Crippen LogP contribution in [-0.4, -0.2) is 26.3 Å². The summed E-state index contributed by atoms with van der Waals surface area (Å²) in [5.41, 5.74) is 0. The fourth-order valence-electron chi connectivity index (χ4n) is 0.889. The molecule has 0 saturated carbocycles. The van der Waals surface area contributed by atoms with Gasteiger partial charge in [-0.2, -0.15) is 5.10 Å². The molecule has 0 amide bonds. The number of aromatic amines is 1. The third-order valence-electron chi connectivity index (χ3n) is 1.51. The van der Waals surface area contributed by atoms with E-state index in [1.54, 1.807) is 6.92 Å². The Balaban J connectivity index is 2.87. The molecule has 6 heteroatoms. The normalized spacial score (nSPS) is 12.8. The van der Waals surface area contributed by atoms with Crippen LogP contribution in [0.3, 0.4) is 0 Å². The first-order valence-corrected chi connectivity index (χ1v) is 3.94. The molecular formula is C6H9N3O2S. The van der Waals surface area contributed by atoms with Crippen molar-refractivity contribution in [3.8, 4) is 0 Å².